The summed E-state index contributed by atoms with van der Waals surface area (Å²) in [4.78, 5) is 28.3. The van der Waals surface area contributed by atoms with Crippen LogP contribution in [0, 0.1) is 5.92 Å². The summed E-state index contributed by atoms with van der Waals surface area (Å²) in [5.41, 5.74) is 2.27. The molecule has 0 spiro atoms. The van der Waals surface area contributed by atoms with E-state index in [1.54, 1.807) is 0 Å². The minimum Gasteiger partial charge on any atom is -0.343 e. The van der Waals surface area contributed by atoms with Crippen LogP contribution in [0.4, 0.5) is 0 Å². The molecule has 0 saturated carbocycles. The van der Waals surface area contributed by atoms with E-state index in [-0.39, 0.29) is 17.9 Å². The van der Waals surface area contributed by atoms with Crippen molar-refractivity contribution in [1.29, 1.82) is 0 Å². The van der Waals surface area contributed by atoms with Gasteiger partial charge in [0.05, 0.1) is 13.2 Å². The molecule has 18 heavy (non-hydrogen) atoms. The summed E-state index contributed by atoms with van der Waals surface area (Å²) in [7, 11) is 1.38. The van der Waals surface area contributed by atoms with Crippen molar-refractivity contribution in [2.24, 2.45) is 5.92 Å². The molecule has 0 aromatic carbocycles. The second-order valence-corrected chi connectivity index (χ2v) is 5.01. The van der Waals surface area contributed by atoms with Gasteiger partial charge in [0, 0.05) is 0 Å². The fourth-order valence-corrected chi connectivity index (χ4v) is 2.06. The maximum atomic E-state index is 12.0. The van der Waals surface area contributed by atoms with Crippen LogP contribution in [-0.4, -0.2) is 37.6 Å². The zero-order valence-corrected chi connectivity index (χ0v) is 11.3. The lowest BCUT2D eigenvalue weighted by Crippen LogP contribution is -2.51. The van der Waals surface area contributed by atoms with Crippen LogP contribution in [0.1, 0.15) is 33.1 Å². The number of rotatable bonds is 6. The monoisotopic (exact) mass is 257 g/mol. The highest BCUT2D eigenvalue weighted by Gasteiger charge is 2.27. The second kappa shape index (κ2) is 7.33. The van der Waals surface area contributed by atoms with Crippen LogP contribution in [-0.2, 0) is 14.4 Å². The standard InChI is InChI=1S/C12H23N3O3/c1-8(2)7-10(12(17)15-18-3)14-11(16)9-5-4-6-13-9/h8-10,13H,4-7H2,1-3H3,(H,14,16)(H,15,17)/t9-,10-/m0/s1. The zero-order valence-electron chi connectivity index (χ0n) is 11.3. The number of carbonyl (C=O) groups excluding carboxylic acids is 2. The van der Waals surface area contributed by atoms with Crippen molar-refractivity contribution < 1.29 is 14.4 Å². The molecule has 1 aliphatic rings. The van der Waals surface area contributed by atoms with Crippen LogP contribution in [0.3, 0.4) is 0 Å². The Hall–Kier alpha value is -1.14. The molecular formula is C12H23N3O3. The SMILES string of the molecule is CONC(=O)[C@H](CC(C)C)NC(=O)[C@@H]1CCCN1. The van der Waals surface area contributed by atoms with E-state index in [4.69, 9.17) is 0 Å². The Morgan fingerprint density at radius 3 is 2.67 bits per heavy atom. The number of amides is 2. The van der Waals surface area contributed by atoms with Crippen LogP contribution >= 0.6 is 0 Å². The fraction of sp³-hybridized carbons (Fsp3) is 0.833. The van der Waals surface area contributed by atoms with Gasteiger partial charge in [0.15, 0.2) is 0 Å². The Kier molecular flexibility index (Phi) is 6.07. The Morgan fingerprint density at radius 1 is 1.44 bits per heavy atom. The van der Waals surface area contributed by atoms with Crippen molar-refractivity contribution in [3.8, 4) is 0 Å². The smallest absolute Gasteiger partial charge is 0.266 e. The number of hydrogen-bond donors (Lipinski definition) is 3. The Bertz CT molecular complexity index is 288. The average molecular weight is 257 g/mol. The van der Waals surface area contributed by atoms with Gasteiger partial charge >= 0.3 is 0 Å². The Balaban J connectivity index is 2.53. The molecule has 1 aliphatic heterocycles. The summed E-state index contributed by atoms with van der Waals surface area (Å²) in [5.74, 6) is -0.101. The largest absolute Gasteiger partial charge is 0.343 e. The predicted octanol–water partition coefficient (Wildman–Crippen LogP) is -0.0531. The van der Waals surface area contributed by atoms with Gasteiger partial charge in [-0.25, -0.2) is 5.48 Å². The summed E-state index contributed by atoms with van der Waals surface area (Å²) < 4.78 is 0. The highest BCUT2D eigenvalue weighted by atomic mass is 16.6. The molecule has 0 aromatic rings. The fourth-order valence-electron chi connectivity index (χ4n) is 2.06. The molecule has 0 aromatic heterocycles. The van der Waals surface area contributed by atoms with Gasteiger partial charge in [-0.15, -0.1) is 0 Å². The molecule has 1 fully saturated rings. The molecule has 1 rings (SSSR count). The van der Waals surface area contributed by atoms with E-state index in [0.717, 1.165) is 19.4 Å². The third kappa shape index (κ3) is 4.62. The quantitative estimate of drug-likeness (QED) is 0.583. The maximum absolute atomic E-state index is 12.0. The van der Waals surface area contributed by atoms with Gasteiger partial charge < -0.3 is 10.6 Å². The Morgan fingerprint density at radius 2 is 2.17 bits per heavy atom. The van der Waals surface area contributed by atoms with Gasteiger partial charge in [-0.2, -0.15) is 0 Å². The van der Waals surface area contributed by atoms with Crippen molar-refractivity contribution in [3.05, 3.63) is 0 Å². The van der Waals surface area contributed by atoms with Gasteiger partial charge in [0.2, 0.25) is 5.91 Å². The number of carbonyl (C=O) groups is 2. The van der Waals surface area contributed by atoms with Crippen LogP contribution in [0.2, 0.25) is 0 Å². The molecule has 6 nitrogen and oxygen atoms in total. The van der Waals surface area contributed by atoms with Crippen molar-refractivity contribution in [1.82, 2.24) is 16.1 Å². The van der Waals surface area contributed by atoms with E-state index in [1.165, 1.54) is 7.11 Å². The summed E-state index contributed by atoms with van der Waals surface area (Å²) in [5, 5.41) is 5.89. The predicted molar refractivity (Wildman–Crippen MR) is 67.6 cm³/mol. The molecule has 2 atom stereocenters. The first-order chi connectivity index (χ1) is 8.54. The summed E-state index contributed by atoms with van der Waals surface area (Å²) >= 11 is 0. The first kappa shape index (κ1) is 14.9. The number of nitrogens with one attached hydrogen (secondary N) is 3. The van der Waals surface area contributed by atoms with Gasteiger partial charge in [-0.3, -0.25) is 14.4 Å². The average Bonchev–Trinajstić information content (AvgIpc) is 2.81. The van der Waals surface area contributed by atoms with E-state index in [0.29, 0.717) is 12.3 Å². The molecule has 1 heterocycles. The van der Waals surface area contributed by atoms with E-state index in [2.05, 4.69) is 21.0 Å². The van der Waals surface area contributed by atoms with Crippen molar-refractivity contribution in [2.75, 3.05) is 13.7 Å². The minimum atomic E-state index is -0.542. The first-order valence-electron chi connectivity index (χ1n) is 6.41. The highest BCUT2D eigenvalue weighted by molar-refractivity contribution is 5.89. The summed E-state index contributed by atoms with van der Waals surface area (Å²) in [6.45, 7) is 4.87. The molecule has 0 unspecified atom stereocenters. The number of hydrogen-bond acceptors (Lipinski definition) is 4. The van der Waals surface area contributed by atoms with Crippen LogP contribution in [0.15, 0.2) is 0 Å². The molecule has 1 saturated heterocycles. The normalized spacial score (nSPS) is 20.8. The molecule has 3 N–H and O–H groups in total. The van der Waals surface area contributed by atoms with Crippen molar-refractivity contribution >= 4 is 11.8 Å². The van der Waals surface area contributed by atoms with E-state index < -0.39 is 6.04 Å². The van der Waals surface area contributed by atoms with Crippen LogP contribution < -0.4 is 16.1 Å². The molecule has 0 radical (unpaired) electrons. The second-order valence-electron chi connectivity index (χ2n) is 5.01. The molecule has 6 heteroatoms. The van der Waals surface area contributed by atoms with Gasteiger partial charge in [-0.05, 0) is 31.7 Å². The lowest BCUT2D eigenvalue weighted by Gasteiger charge is -2.21. The first-order valence-corrected chi connectivity index (χ1v) is 6.41. The van der Waals surface area contributed by atoms with Crippen molar-refractivity contribution in [2.45, 2.75) is 45.2 Å². The number of hydroxylamine groups is 1. The van der Waals surface area contributed by atoms with Crippen LogP contribution in [0.25, 0.3) is 0 Å². The molecule has 104 valence electrons. The molecule has 0 bridgehead atoms. The van der Waals surface area contributed by atoms with Crippen LogP contribution in [0.5, 0.6) is 0 Å². The summed E-state index contributed by atoms with van der Waals surface area (Å²) in [6.07, 6.45) is 2.41. The zero-order chi connectivity index (χ0) is 13.5. The topological polar surface area (TPSA) is 79.5 Å². The van der Waals surface area contributed by atoms with Gasteiger partial charge in [0.1, 0.15) is 6.04 Å². The molecular weight excluding hydrogens is 234 g/mol. The van der Waals surface area contributed by atoms with Gasteiger partial charge in [0.25, 0.3) is 5.91 Å². The molecule has 2 amide bonds. The third-order valence-electron chi connectivity index (χ3n) is 2.92. The van der Waals surface area contributed by atoms with E-state index in [1.807, 2.05) is 13.8 Å². The maximum Gasteiger partial charge on any atom is 0.266 e. The van der Waals surface area contributed by atoms with E-state index in [9.17, 15) is 9.59 Å². The minimum absolute atomic E-state index is 0.107. The highest BCUT2D eigenvalue weighted by Crippen LogP contribution is 2.08. The lowest BCUT2D eigenvalue weighted by atomic mass is 10.0. The van der Waals surface area contributed by atoms with E-state index >= 15 is 0 Å². The van der Waals surface area contributed by atoms with Crippen molar-refractivity contribution in [3.63, 3.8) is 0 Å². The third-order valence-corrected chi connectivity index (χ3v) is 2.92. The summed E-state index contributed by atoms with van der Waals surface area (Å²) in [6, 6.07) is -0.713. The lowest BCUT2D eigenvalue weighted by molar-refractivity contribution is -0.137. The van der Waals surface area contributed by atoms with Gasteiger partial charge in [-0.1, -0.05) is 13.8 Å². The Labute approximate surface area is 108 Å². The molecule has 0 aliphatic carbocycles.